The Morgan fingerprint density at radius 2 is 1.72 bits per heavy atom. The number of carbonyl (C=O) groups excluding carboxylic acids is 1. The van der Waals surface area contributed by atoms with Gasteiger partial charge < -0.3 is 14.5 Å². The van der Waals surface area contributed by atoms with Crippen molar-refractivity contribution in [2.75, 3.05) is 44.7 Å². The van der Waals surface area contributed by atoms with Gasteiger partial charge in [-0.15, -0.1) is 0 Å². The number of methoxy groups -OCH3 is 1. The zero-order valence-electron chi connectivity index (χ0n) is 22.3. The van der Waals surface area contributed by atoms with Crippen LogP contribution in [0.25, 0.3) is 0 Å². The van der Waals surface area contributed by atoms with Gasteiger partial charge in [-0.25, -0.2) is 13.6 Å². The van der Waals surface area contributed by atoms with E-state index in [-0.39, 0.29) is 10.8 Å². The average Bonchev–Trinajstić information content (AvgIpc) is 2.96. The van der Waals surface area contributed by atoms with E-state index in [1.807, 2.05) is 34.2 Å². The molecule has 0 aromatic heterocycles. The fraction of sp³-hybridized carbons (Fsp3) is 0.300. The Labute approximate surface area is 230 Å². The molecule has 2 aliphatic rings. The molecule has 204 valence electrons. The van der Waals surface area contributed by atoms with E-state index in [0.717, 1.165) is 25.2 Å². The first-order chi connectivity index (χ1) is 18.7. The molecule has 3 aromatic carbocycles. The average molecular weight is 547 g/mol. The second-order valence-electron chi connectivity index (χ2n) is 10.1. The number of benzene rings is 3. The Hall–Kier alpha value is -3.66. The molecule has 0 radical (unpaired) electrons. The first kappa shape index (κ1) is 26.9. The largest absolute Gasteiger partial charge is 0.495 e. The van der Waals surface area contributed by atoms with Gasteiger partial charge in [0.1, 0.15) is 5.75 Å². The Morgan fingerprint density at radius 3 is 2.41 bits per heavy atom. The van der Waals surface area contributed by atoms with Crippen LogP contribution >= 0.6 is 0 Å². The Kier molecular flexibility index (Phi) is 7.74. The van der Waals surface area contributed by atoms with Gasteiger partial charge in [-0.05, 0) is 53.8 Å². The molecule has 0 spiro atoms. The van der Waals surface area contributed by atoms with Gasteiger partial charge in [-0.3, -0.25) is 9.69 Å². The number of piperazine rings is 1. The molecule has 2 aliphatic heterocycles. The van der Waals surface area contributed by atoms with Crippen LogP contribution < -0.4 is 14.8 Å². The minimum atomic E-state index is -3.85. The van der Waals surface area contributed by atoms with Crippen molar-refractivity contribution in [2.45, 2.75) is 24.2 Å². The highest BCUT2D eigenvalue weighted by atomic mass is 32.2. The number of nitrogens with two attached hydrogens (primary N) is 1. The van der Waals surface area contributed by atoms with Crippen molar-refractivity contribution in [1.29, 1.82) is 0 Å². The molecule has 1 atom stereocenters. The minimum absolute atomic E-state index is 0.0262. The lowest BCUT2D eigenvalue weighted by atomic mass is 10.0. The van der Waals surface area contributed by atoms with Crippen molar-refractivity contribution >= 4 is 27.3 Å². The zero-order valence-corrected chi connectivity index (χ0v) is 23.1. The number of sulfonamides is 1. The van der Waals surface area contributed by atoms with Crippen LogP contribution in [0.3, 0.4) is 0 Å². The van der Waals surface area contributed by atoms with Crippen LogP contribution in [-0.2, 0) is 16.4 Å². The summed E-state index contributed by atoms with van der Waals surface area (Å²) in [6.45, 7) is 6.21. The quantitative estimate of drug-likeness (QED) is 0.479. The number of allylic oxidation sites excluding steroid dienone is 1. The summed E-state index contributed by atoms with van der Waals surface area (Å²) >= 11 is 0. The number of carbonyl (C=O) groups is 1. The molecule has 0 aliphatic carbocycles. The maximum atomic E-state index is 13.4. The maximum Gasteiger partial charge on any atom is 0.254 e. The molecule has 2 heterocycles. The van der Waals surface area contributed by atoms with Crippen LogP contribution in [0.5, 0.6) is 5.75 Å². The van der Waals surface area contributed by atoms with E-state index in [4.69, 9.17) is 9.88 Å². The van der Waals surface area contributed by atoms with Crippen molar-refractivity contribution in [2.24, 2.45) is 5.14 Å². The summed E-state index contributed by atoms with van der Waals surface area (Å²) in [5.41, 5.74) is 4.27. The third-order valence-electron chi connectivity index (χ3n) is 7.48. The monoisotopic (exact) mass is 546 g/mol. The summed E-state index contributed by atoms with van der Waals surface area (Å²) in [6, 6.07) is 20.8. The van der Waals surface area contributed by atoms with E-state index in [1.54, 1.807) is 31.4 Å². The molecule has 0 bridgehead atoms. The second kappa shape index (κ2) is 11.2. The van der Waals surface area contributed by atoms with E-state index in [9.17, 15) is 13.2 Å². The first-order valence-corrected chi connectivity index (χ1v) is 14.7. The maximum absolute atomic E-state index is 13.4. The lowest BCUT2D eigenvalue weighted by Gasteiger charge is -2.36. The number of anilines is 2. The van der Waals surface area contributed by atoms with E-state index in [2.05, 4.69) is 36.1 Å². The zero-order chi connectivity index (χ0) is 27.6. The standard InChI is InChI=1S/C30H34N4O4S/c1-22(23-7-4-3-5-8-23)21-32-15-17-33(18-16-32)30(35)25-11-13-27(29(19-25)38-2)34-14-6-9-24-10-12-26(20-28(24)34)39(31,36)37/h3-8,10-14,19-20,22H,9,15-18,21H2,1-2H3,(H2,31,36,37). The molecule has 0 saturated carbocycles. The van der Waals surface area contributed by atoms with Crippen LogP contribution in [0, 0.1) is 0 Å². The highest BCUT2D eigenvalue weighted by molar-refractivity contribution is 7.89. The third-order valence-corrected chi connectivity index (χ3v) is 8.39. The van der Waals surface area contributed by atoms with Crippen LogP contribution in [0.2, 0.25) is 0 Å². The van der Waals surface area contributed by atoms with Crippen molar-refractivity contribution in [1.82, 2.24) is 9.80 Å². The Morgan fingerprint density at radius 1 is 0.974 bits per heavy atom. The molecular formula is C30H34N4O4S. The minimum Gasteiger partial charge on any atom is -0.495 e. The molecule has 39 heavy (non-hydrogen) atoms. The van der Waals surface area contributed by atoms with E-state index >= 15 is 0 Å². The smallest absolute Gasteiger partial charge is 0.254 e. The number of ether oxygens (including phenoxy) is 1. The topological polar surface area (TPSA) is 96.2 Å². The second-order valence-corrected chi connectivity index (χ2v) is 11.6. The van der Waals surface area contributed by atoms with Gasteiger partial charge in [-0.2, -0.15) is 0 Å². The van der Waals surface area contributed by atoms with Gasteiger partial charge in [0.15, 0.2) is 0 Å². The summed E-state index contributed by atoms with van der Waals surface area (Å²) in [4.78, 5) is 19.6. The molecule has 8 nitrogen and oxygen atoms in total. The molecule has 2 N–H and O–H groups in total. The summed E-state index contributed by atoms with van der Waals surface area (Å²) in [6.07, 6.45) is 4.55. The predicted octanol–water partition coefficient (Wildman–Crippen LogP) is 4.11. The van der Waals surface area contributed by atoms with Gasteiger partial charge >= 0.3 is 0 Å². The molecule has 1 amide bonds. The highest BCUT2D eigenvalue weighted by Gasteiger charge is 2.26. The fourth-order valence-electron chi connectivity index (χ4n) is 5.29. The molecule has 5 rings (SSSR count). The van der Waals surface area contributed by atoms with Crippen LogP contribution in [0.1, 0.15) is 34.3 Å². The first-order valence-electron chi connectivity index (χ1n) is 13.1. The molecule has 3 aromatic rings. The summed E-state index contributed by atoms with van der Waals surface area (Å²) in [5, 5.41) is 5.38. The van der Waals surface area contributed by atoms with E-state index < -0.39 is 10.0 Å². The van der Waals surface area contributed by atoms with Crippen LogP contribution in [0.15, 0.2) is 83.9 Å². The number of nitrogens with zero attached hydrogens (tertiary/aromatic N) is 3. The summed E-state index contributed by atoms with van der Waals surface area (Å²) in [5.74, 6) is 0.927. The number of amides is 1. The lowest BCUT2D eigenvalue weighted by Crippen LogP contribution is -2.49. The number of primary sulfonamides is 1. The van der Waals surface area contributed by atoms with Crippen molar-refractivity contribution in [3.8, 4) is 5.75 Å². The predicted molar refractivity (Wildman–Crippen MR) is 153 cm³/mol. The normalized spacial score (nSPS) is 16.6. The van der Waals surface area contributed by atoms with Gasteiger partial charge in [-0.1, -0.05) is 49.4 Å². The lowest BCUT2D eigenvalue weighted by molar-refractivity contribution is 0.0631. The number of fused-ring (bicyclic) bond motifs is 1. The Bertz CT molecular complexity index is 1480. The number of rotatable bonds is 7. The van der Waals surface area contributed by atoms with E-state index in [1.165, 1.54) is 11.6 Å². The SMILES string of the molecule is COc1cc(C(=O)N2CCN(CC(C)c3ccccc3)CC2)ccc1N1C=CCc2ccc(S(N)(=O)=O)cc21. The molecule has 1 unspecified atom stereocenters. The third kappa shape index (κ3) is 5.85. The number of hydrogen-bond donors (Lipinski definition) is 1. The van der Waals surface area contributed by atoms with Gasteiger partial charge in [0.2, 0.25) is 10.0 Å². The summed E-state index contributed by atoms with van der Waals surface area (Å²) in [7, 11) is -2.28. The number of hydrogen-bond acceptors (Lipinski definition) is 6. The Balaban J connectivity index is 1.30. The van der Waals surface area contributed by atoms with Crippen molar-refractivity contribution in [3.63, 3.8) is 0 Å². The molecule has 9 heteroatoms. The van der Waals surface area contributed by atoms with Crippen molar-refractivity contribution < 1.29 is 17.9 Å². The van der Waals surface area contributed by atoms with E-state index in [0.29, 0.717) is 48.1 Å². The summed E-state index contributed by atoms with van der Waals surface area (Å²) < 4.78 is 29.6. The van der Waals surface area contributed by atoms with Crippen molar-refractivity contribution in [3.05, 3.63) is 95.7 Å². The molecular weight excluding hydrogens is 512 g/mol. The van der Waals surface area contributed by atoms with Gasteiger partial charge in [0.05, 0.1) is 23.4 Å². The molecule has 1 saturated heterocycles. The highest BCUT2D eigenvalue weighted by Crippen LogP contribution is 2.39. The van der Waals surface area contributed by atoms with Gasteiger partial charge in [0.25, 0.3) is 5.91 Å². The fourth-order valence-corrected chi connectivity index (χ4v) is 5.83. The van der Waals surface area contributed by atoms with Gasteiger partial charge in [0, 0.05) is 44.5 Å². The van der Waals surface area contributed by atoms with Crippen LogP contribution in [0.4, 0.5) is 11.4 Å². The van der Waals surface area contributed by atoms with Crippen LogP contribution in [-0.4, -0.2) is 64.0 Å². The molecule has 1 fully saturated rings.